The molecule has 0 aliphatic carbocycles. The Morgan fingerprint density at radius 3 is 2.89 bits per heavy atom. The van der Waals surface area contributed by atoms with Gasteiger partial charge in [-0.05, 0) is 6.07 Å². The Labute approximate surface area is 164 Å². The van der Waals surface area contributed by atoms with E-state index in [1.807, 2.05) is 0 Å². The third-order valence-electron chi connectivity index (χ3n) is 4.42. The van der Waals surface area contributed by atoms with Gasteiger partial charge in [0, 0.05) is 24.2 Å². The number of nitrogens with zero attached hydrogens (tertiary/aromatic N) is 6. The lowest BCUT2D eigenvalue weighted by molar-refractivity contribution is -0.0288. The first-order valence-corrected chi connectivity index (χ1v) is 9.83. The Bertz CT molecular complexity index is 927. The maximum absolute atomic E-state index is 10.4. The quantitative estimate of drug-likeness (QED) is 0.382. The van der Waals surface area contributed by atoms with Gasteiger partial charge >= 0.3 is 0 Å². The number of anilines is 2. The van der Waals surface area contributed by atoms with Gasteiger partial charge in [0.15, 0.2) is 17.7 Å². The number of nitrogens with one attached hydrogen (secondary N) is 1. The summed E-state index contributed by atoms with van der Waals surface area (Å²) in [6.07, 6.45) is 2.55. The van der Waals surface area contributed by atoms with Crippen molar-refractivity contribution < 1.29 is 14.9 Å². The lowest BCUT2D eigenvalue weighted by atomic mass is 10.1. The van der Waals surface area contributed by atoms with E-state index in [1.54, 1.807) is 28.6 Å². The van der Waals surface area contributed by atoms with Crippen molar-refractivity contribution in [3.05, 3.63) is 31.2 Å². The van der Waals surface area contributed by atoms with Crippen LogP contribution in [-0.4, -0.2) is 76.1 Å². The van der Waals surface area contributed by atoms with Crippen LogP contribution in [-0.2, 0) is 4.74 Å². The average molecular weight is 404 g/mol. The van der Waals surface area contributed by atoms with Crippen LogP contribution in [0.2, 0.25) is 0 Å². The fourth-order valence-corrected chi connectivity index (χ4v) is 3.92. The topological polar surface area (TPSA) is 157 Å². The molecule has 0 unspecified atom stereocenters. The number of fused-ring (bicyclic) bond motifs is 1. The third kappa shape index (κ3) is 3.71. The second kappa shape index (κ2) is 8.22. The molecule has 0 aromatic carbocycles. The zero-order valence-corrected chi connectivity index (χ0v) is 15.6. The lowest BCUT2D eigenvalue weighted by Crippen LogP contribution is -2.32. The zero-order valence-electron chi connectivity index (χ0n) is 14.8. The Hall–Kier alpha value is -2.54. The Morgan fingerprint density at radius 1 is 1.18 bits per heavy atom. The standard InChI is InChI=1S/C16H20N8O3S/c17-14-11-15(22-7-21-14)24(8-23-11)16-13(26)12(25)9(27-16)5-28-4-3-19-10-1-2-18-6-20-10/h1-2,6-9,12-13,16,25-26H,3-5H2,(H2,17,21,22)(H,18,19,20)/t9-,12-,13-,16-/m0/s1. The molecule has 4 heterocycles. The summed E-state index contributed by atoms with van der Waals surface area (Å²) in [5, 5.41) is 24.0. The summed E-state index contributed by atoms with van der Waals surface area (Å²) in [7, 11) is 0. The minimum atomic E-state index is -1.10. The molecule has 0 spiro atoms. The largest absolute Gasteiger partial charge is 0.387 e. The molecule has 5 N–H and O–H groups in total. The molecule has 4 rings (SSSR count). The predicted molar refractivity (Wildman–Crippen MR) is 104 cm³/mol. The normalized spacial score (nSPS) is 24.6. The Balaban J connectivity index is 1.33. The molecule has 4 atom stereocenters. The van der Waals surface area contributed by atoms with E-state index in [0.717, 1.165) is 11.6 Å². The molecule has 3 aromatic heterocycles. The molecule has 28 heavy (non-hydrogen) atoms. The van der Waals surface area contributed by atoms with E-state index in [-0.39, 0.29) is 5.82 Å². The number of nitrogen functional groups attached to an aromatic ring is 1. The summed E-state index contributed by atoms with van der Waals surface area (Å²) in [5.74, 6) is 2.33. The molecular formula is C16H20N8O3S. The fraction of sp³-hybridized carbons (Fsp3) is 0.438. The van der Waals surface area contributed by atoms with Crippen LogP contribution >= 0.6 is 11.8 Å². The van der Waals surface area contributed by atoms with Gasteiger partial charge in [0.2, 0.25) is 0 Å². The summed E-state index contributed by atoms with van der Waals surface area (Å²) >= 11 is 1.61. The van der Waals surface area contributed by atoms with Crippen LogP contribution < -0.4 is 11.1 Å². The van der Waals surface area contributed by atoms with E-state index in [9.17, 15) is 10.2 Å². The zero-order chi connectivity index (χ0) is 19.5. The number of aliphatic hydroxyl groups is 2. The number of rotatable bonds is 7. The van der Waals surface area contributed by atoms with Crippen LogP contribution in [0.15, 0.2) is 31.2 Å². The van der Waals surface area contributed by atoms with E-state index in [1.165, 1.54) is 19.0 Å². The lowest BCUT2D eigenvalue weighted by Gasteiger charge is -2.16. The molecule has 1 saturated heterocycles. The number of ether oxygens (including phenoxy) is 1. The van der Waals surface area contributed by atoms with Crippen LogP contribution in [0.25, 0.3) is 11.2 Å². The van der Waals surface area contributed by atoms with E-state index < -0.39 is 24.5 Å². The summed E-state index contributed by atoms with van der Waals surface area (Å²) in [5.41, 5.74) is 6.68. The van der Waals surface area contributed by atoms with Crippen molar-refractivity contribution in [2.45, 2.75) is 24.5 Å². The van der Waals surface area contributed by atoms with Crippen LogP contribution in [0.1, 0.15) is 6.23 Å². The molecule has 1 fully saturated rings. The number of aromatic nitrogens is 6. The third-order valence-corrected chi connectivity index (χ3v) is 5.47. The molecule has 1 aliphatic rings. The van der Waals surface area contributed by atoms with Gasteiger partial charge in [0.05, 0.1) is 12.4 Å². The van der Waals surface area contributed by atoms with Crippen LogP contribution in [0.5, 0.6) is 0 Å². The van der Waals surface area contributed by atoms with Gasteiger partial charge in [0.25, 0.3) is 0 Å². The molecule has 0 amide bonds. The van der Waals surface area contributed by atoms with E-state index in [4.69, 9.17) is 10.5 Å². The Kier molecular flexibility index (Phi) is 5.52. The van der Waals surface area contributed by atoms with Gasteiger partial charge in [0.1, 0.15) is 36.2 Å². The molecule has 1 aliphatic heterocycles. The van der Waals surface area contributed by atoms with E-state index in [0.29, 0.717) is 23.5 Å². The average Bonchev–Trinajstić information content (AvgIpc) is 3.26. The number of hydrogen-bond acceptors (Lipinski definition) is 11. The maximum atomic E-state index is 10.4. The second-order valence-electron chi connectivity index (χ2n) is 6.23. The van der Waals surface area contributed by atoms with Gasteiger partial charge < -0.3 is 26.0 Å². The summed E-state index contributed by atoms with van der Waals surface area (Å²) < 4.78 is 7.48. The smallest absolute Gasteiger partial charge is 0.167 e. The first kappa shape index (κ1) is 18.8. The number of nitrogens with two attached hydrogens (primary N) is 1. The van der Waals surface area contributed by atoms with Crippen LogP contribution in [0.4, 0.5) is 11.6 Å². The van der Waals surface area contributed by atoms with Gasteiger partial charge in [-0.15, -0.1) is 0 Å². The predicted octanol–water partition coefficient (Wildman–Crippen LogP) is -0.337. The molecule has 148 valence electrons. The van der Waals surface area contributed by atoms with Crippen molar-refractivity contribution in [1.82, 2.24) is 29.5 Å². The summed E-state index contributed by atoms with van der Waals surface area (Å²) in [4.78, 5) is 20.2. The molecule has 12 heteroatoms. The molecular weight excluding hydrogens is 384 g/mol. The fourth-order valence-electron chi connectivity index (χ4n) is 3.00. The van der Waals surface area contributed by atoms with Crippen LogP contribution in [0, 0.1) is 0 Å². The number of thioether (sulfide) groups is 1. The monoisotopic (exact) mass is 404 g/mol. The molecule has 0 bridgehead atoms. The number of aliphatic hydroxyl groups excluding tert-OH is 2. The van der Waals surface area contributed by atoms with Crippen molar-refractivity contribution >= 4 is 34.6 Å². The van der Waals surface area contributed by atoms with Crippen molar-refractivity contribution in [1.29, 1.82) is 0 Å². The van der Waals surface area contributed by atoms with Crippen molar-refractivity contribution in [3.63, 3.8) is 0 Å². The van der Waals surface area contributed by atoms with Gasteiger partial charge in [-0.1, -0.05) is 0 Å². The Morgan fingerprint density at radius 2 is 2.07 bits per heavy atom. The highest BCUT2D eigenvalue weighted by Crippen LogP contribution is 2.33. The van der Waals surface area contributed by atoms with Crippen molar-refractivity contribution in [2.24, 2.45) is 0 Å². The van der Waals surface area contributed by atoms with Gasteiger partial charge in [-0.2, -0.15) is 11.8 Å². The van der Waals surface area contributed by atoms with Crippen molar-refractivity contribution in [3.8, 4) is 0 Å². The SMILES string of the molecule is Nc1ncnc2c1ncn2[C@H]1O[C@@H](CSCCNc2ccncn2)[C@H](O)[C@@H]1O. The molecule has 11 nitrogen and oxygen atoms in total. The highest BCUT2D eigenvalue weighted by Gasteiger charge is 2.44. The minimum Gasteiger partial charge on any atom is -0.387 e. The number of imidazole rings is 1. The first-order valence-electron chi connectivity index (χ1n) is 8.67. The van der Waals surface area contributed by atoms with E-state index >= 15 is 0 Å². The molecule has 0 radical (unpaired) electrons. The highest BCUT2D eigenvalue weighted by atomic mass is 32.2. The molecule has 3 aromatic rings. The maximum Gasteiger partial charge on any atom is 0.167 e. The second-order valence-corrected chi connectivity index (χ2v) is 7.38. The number of hydrogen-bond donors (Lipinski definition) is 4. The van der Waals surface area contributed by atoms with Gasteiger partial charge in [-0.3, -0.25) is 4.57 Å². The van der Waals surface area contributed by atoms with Crippen LogP contribution in [0.3, 0.4) is 0 Å². The van der Waals surface area contributed by atoms with E-state index in [2.05, 4.69) is 30.2 Å². The molecule has 0 saturated carbocycles. The van der Waals surface area contributed by atoms with Gasteiger partial charge in [-0.25, -0.2) is 24.9 Å². The van der Waals surface area contributed by atoms with Crippen molar-refractivity contribution in [2.75, 3.05) is 29.1 Å². The summed E-state index contributed by atoms with van der Waals surface area (Å²) in [6, 6.07) is 1.79. The highest BCUT2D eigenvalue weighted by molar-refractivity contribution is 7.99. The first-order chi connectivity index (χ1) is 13.6. The minimum absolute atomic E-state index is 0.250. The summed E-state index contributed by atoms with van der Waals surface area (Å²) in [6.45, 7) is 0.707.